The molecule has 1 saturated carbocycles. The second kappa shape index (κ2) is 10.0. The first-order chi connectivity index (χ1) is 17.0. The molecule has 186 valence electrons. The Bertz CT molecular complexity index is 1230. The van der Waals surface area contributed by atoms with Crippen LogP contribution in [0.25, 0.3) is 21.6 Å². The van der Waals surface area contributed by atoms with Crippen molar-refractivity contribution < 1.29 is 9.18 Å². The van der Waals surface area contributed by atoms with Crippen molar-refractivity contribution in [3.8, 4) is 11.4 Å². The van der Waals surface area contributed by atoms with E-state index in [-0.39, 0.29) is 17.6 Å². The van der Waals surface area contributed by atoms with Crippen LogP contribution in [-0.4, -0.2) is 53.1 Å². The lowest BCUT2D eigenvalue weighted by Gasteiger charge is -2.38. The zero-order valence-corrected chi connectivity index (χ0v) is 21.0. The fraction of sp³-hybridized carbons (Fsp3) is 0.480. The molecule has 4 N–H and O–H groups in total. The first-order valence-electron chi connectivity index (χ1n) is 12.3. The van der Waals surface area contributed by atoms with Gasteiger partial charge in [-0.3, -0.25) is 10.2 Å². The van der Waals surface area contributed by atoms with Gasteiger partial charge in [0.15, 0.2) is 17.5 Å². The second-order valence-corrected chi connectivity index (χ2v) is 10.2. The summed E-state index contributed by atoms with van der Waals surface area (Å²) < 4.78 is 16.8. The standard InChI is InChI=1S/C25H32FN7OS/c1-3-11-32(16-5-4-6-16)25-23-19(9-13-35-23)29-24(30-25)18-8-7-17(21(26)22(18)27)20-14-28-10-12-33(20)31-15(2)34/h7-9,13,16,20,28H,3-6,10-12,14,27H2,1-2H3,(H,31,34). The third kappa shape index (κ3) is 4.57. The number of rotatable bonds is 7. The average Bonchev–Trinajstić information content (AvgIpc) is 3.28. The van der Waals surface area contributed by atoms with Crippen LogP contribution in [0.5, 0.6) is 0 Å². The molecule has 1 unspecified atom stereocenters. The van der Waals surface area contributed by atoms with E-state index in [1.807, 2.05) is 11.4 Å². The number of amides is 1. The summed E-state index contributed by atoms with van der Waals surface area (Å²) in [7, 11) is 0. The number of nitrogens with two attached hydrogens (primary N) is 1. The molecule has 35 heavy (non-hydrogen) atoms. The lowest BCUT2D eigenvalue weighted by atomic mass is 9.91. The van der Waals surface area contributed by atoms with E-state index in [0.717, 1.165) is 41.8 Å². The van der Waals surface area contributed by atoms with Crippen molar-refractivity contribution in [2.24, 2.45) is 0 Å². The largest absolute Gasteiger partial charge is 0.396 e. The molecule has 1 amide bonds. The van der Waals surface area contributed by atoms with Gasteiger partial charge in [0.05, 0.1) is 21.9 Å². The van der Waals surface area contributed by atoms with Crippen molar-refractivity contribution in [2.75, 3.05) is 36.8 Å². The van der Waals surface area contributed by atoms with E-state index in [0.29, 0.717) is 42.6 Å². The van der Waals surface area contributed by atoms with Gasteiger partial charge in [0, 0.05) is 50.3 Å². The van der Waals surface area contributed by atoms with Gasteiger partial charge >= 0.3 is 0 Å². The summed E-state index contributed by atoms with van der Waals surface area (Å²) in [4.78, 5) is 23.8. The van der Waals surface area contributed by atoms with Crippen LogP contribution in [0, 0.1) is 5.82 Å². The third-order valence-electron chi connectivity index (χ3n) is 6.89. The van der Waals surface area contributed by atoms with Gasteiger partial charge in [-0.2, -0.15) is 0 Å². The summed E-state index contributed by atoms with van der Waals surface area (Å²) in [6, 6.07) is 5.65. The van der Waals surface area contributed by atoms with Crippen molar-refractivity contribution in [2.45, 2.75) is 51.6 Å². The number of benzene rings is 1. The maximum Gasteiger partial charge on any atom is 0.231 e. The summed E-state index contributed by atoms with van der Waals surface area (Å²) >= 11 is 1.64. The molecule has 1 atom stereocenters. The number of nitrogen functional groups attached to an aromatic ring is 1. The van der Waals surface area contributed by atoms with Crippen molar-refractivity contribution in [1.29, 1.82) is 0 Å². The number of nitrogens with one attached hydrogen (secondary N) is 2. The molecule has 2 fully saturated rings. The van der Waals surface area contributed by atoms with Gasteiger partial charge in [0.25, 0.3) is 0 Å². The molecule has 2 aromatic heterocycles. The average molecular weight is 498 g/mol. The Morgan fingerprint density at radius 3 is 2.89 bits per heavy atom. The Labute approximate surface area is 208 Å². The smallest absolute Gasteiger partial charge is 0.231 e. The van der Waals surface area contributed by atoms with E-state index in [1.54, 1.807) is 28.5 Å². The van der Waals surface area contributed by atoms with E-state index >= 15 is 4.39 Å². The highest BCUT2D eigenvalue weighted by Gasteiger charge is 2.30. The van der Waals surface area contributed by atoms with Crippen LogP contribution >= 0.6 is 11.3 Å². The number of hydrazine groups is 1. The minimum absolute atomic E-state index is 0.0297. The van der Waals surface area contributed by atoms with E-state index in [1.165, 1.54) is 13.3 Å². The molecule has 1 saturated heterocycles. The summed E-state index contributed by atoms with van der Waals surface area (Å²) in [6.45, 7) is 6.33. The zero-order chi connectivity index (χ0) is 24.5. The maximum atomic E-state index is 15.7. The van der Waals surface area contributed by atoms with Crippen LogP contribution in [0.15, 0.2) is 23.6 Å². The highest BCUT2D eigenvalue weighted by Crippen LogP contribution is 2.38. The topological polar surface area (TPSA) is 99.4 Å². The Kier molecular flexibility index (Phi) is 6.86. The van der Waals surface area contributed by atoms with E-state index in [4.69, 9.17) is 15.7 Å². The van der Waals surface area contributed by atoms with E-state index < -0.39 is 5.82 Å². The lowest BCUT2D eigenvalue weighted by molar-refractivity contribution is -0.125. The molecular weight excluding hydrogens is 465 g/mol. The van der Waals surface area contributed by atoms with Gasteiger partial charge in [0.2, 0.25) is 5.91 Å². The predicted octanol–water partition coefficient (Wildman–Crippen LogP) is 3.85. The number of anilines is 2. The summed E-state index contributed by atoms with van der Waals surface area (Å²) in [5.41, 5.74) is 11.0. The highest BCUT2D eigenvalue weighted by molar-refractivity contribution is 7.17. The van der Waals surface area contributed by atoms with Gasteiger partial charge in [0.1, 0.15) is 0 Å². The molecule has 0 radical (unpaired) electrons. The van der Waals surface area contributed by atoms with Crippen LogP contribution in [-0.2, 0) is 4.79 Å². The highest BCUT2D eigenvalue weighted by atomic mass is 32.1. The molecule has 0 bridgehead atoms. The Hall–Kier alpha value is -2.82. The fourth-order valence-corrected chi connectivity index (χ4v) is 5.78. The molecule has 1 aromatic carbocycles. The minimum atomic E-state index is -0.494. The van der Waals surface area contributed by atoms with Crippen molar-refractivity contribution >= 4 is 39.0 Å². The molecule has 3 heterocycles. The third-order valence-corrected chi connectivity index (χ3v) is 7.79. The molecular formula is C25H32FN7OS. The Morgan fingerprint density at radius 2 is 2.17 bits per heavy atom. The summed E-state index contributed by atoms with van der Waals surface area (Å²) in [6.07, 6.45) is 4.59. The summed E-state index contributed by atoms with van der Waals surface area (Å²) in [5.74, 6) is 0.681. The quantitative estimate of drug-likeness (QED) is 0.427. The molecule has 0 spiro atoms. The van der Waals surface area contributed by atoms with Crippen molar-refractivity contribution in [1.82, 2.24) is 25.7 Å². The number of hydrogen-bond acceptors (Lipinski definition) is 8. The number of piperazine rings is 1. The number of aromatic nitrogens is 2. The first-order valence-corrected chi connectivity index (χ1v) is 13.2. The molecule has 2 aliphatic rings. The van der Waals surface area contributed by atoms with Crippen LogP contribution in [0.2, 0.25) is 0 Å². The van der Waals surface area contributed by atoms with Gasteiger partial charge in [-0.25, -0.2) is 19.4 Å². The molecule has 5 rings (SSSR count). The second-order valence-electron chi connectivity index (χ2n) is 9.30. The zero-order valence-electron chi connectivity index (χ0n) is 20.2. The Morgan fingerprint density at radius 1 is 1.34 bits per heavy atom. The number of nitrogens with zero attached hydrogens (tertiary/aromatic N) is 4. The minimum Gasteiger partial charge on any atom is -0.396 e. The van der Waals surface area contributed by atoms with Crippen molar-refractivity contribution in [3.05, 3.63) is 35.0 Å². The summed E-state index contributed by atoms with van der Waals surface area (Å²) in [5, 5.41) is 7.06. The van der Waals surface area contributed by atoms with E-state index in [9.17, 15) is 4.79 Å². The van der Waals surface area contributed by atoms with Crippen LogP contribution < -0.4 is 21.4 Å². The van der Waals surface area contributed by atoms with Crippen LogP contribution in [0.3, 0.4) is 0 Å². The molecule has 1 aliphatic heterocycles. The van der Waals surface area contributed by atoms with E-state index in [2.05, 4.69) is 22.6 Å². The first kappa shape index (κ1) is 23.9. The number of hydrogen-bond donors (Lipinski definition) is 3. The maximum absolute atomic E-state index is 15.7. The fourth-order valence-electron chi connectivity index (χ4n) is 4.94. The normalized spacial score (nSPS) is 19.0. The number of fused-ring (bicyclic) bond motifs is 1. The van der Waals surface area contributed by atoms with Crippen LogP contribution in [0.1, 0.15) is 51.1 Å². The monoisotopic (exact) mass is 497 g/mol. The molecule has 10 heteroatoms. The van der Waals surface area contributed by atoms with Gasteiger partial charge in [-0.15, -0.1) is 11.3 Å². The lowest BCUT2D eigenvalue weighted by Crippen LogP contribution is -2.53. The van der Waals surface area contributed by atoms with Gasteiger partial charge in [-0.05, 0) is 43.2 Å². The van der Waals surface area contributed by atoms with Gasteiger partial charge < -0.3 is 16.0 Å². The molecule has 1 aliphatic carbocycles. The number of carbonyl (C=O) groups excluding carboxylic acids is 1. The SMILES string of the molecule is CCCN(c1nc(-c2ccc(C3CNCCN3NC(C)=O)c(F)c2N)nc2ccsc12)C1CCC1. The van der Waals surface area contributed by atoms with Crippen molar-refractivity contribution in [3.63, 3.8) is 0 Å². The number of halogens is 1. The molecule has 3 aromatic rings. The molecule has 8 nitrogen and oxygen atoms in total. The Balaban J connectivity index is 1.55. The van der Waals surface area contributed by atoms with Crippen LogP contribution in [0.4, 0.5) is 15.9 Å². The number of carbonyl (C=O) groups is 1. The predicted molar refractivity (Wildman–Crippen MR) is 139 cm³/mol. The number of thiophene rings is 1. The van der Waals surface area contributed by atoms with Gasteiger partial charge in [-0.1, -0.05) is 13.0 Å².